The molecule has 0 bridgehead atoms. The molecule has 1 aromatic carbocycles. The lowest BCUT2D eigenvalue weighted by atomic mass is 10.0. The van der Waals surface area contributed by atoms with Crippen LogP contribution in [0.4, 0.5) is 13.2 Å². The van der Waals surface area contributed by atoms with E-state index >= 15 is 0 Å². The van der Waals surface area contributed by atoms with E-state index in [1.165, 1.54) is 18.3 Å². The van der Waals surface area contributed by atoms with Crippen molar-refractivity contribution in [1.82, 2.24) is 10.3 Å². The van der Waals surface area contributed by atoms with Crippen LogP contribution in [0.15, 0.2) is 42.6 Å². The highest BCUT2D eigenvalue weighted by molar-refractivity contribution is 6.30. The van der Waals surface area contributed by atoms with Gasteiger partial charge < -0.3 is 5.32 Å². The Labute approximate surface area is 126 Å². The van der Waals surface area contributed by atoms with E-state index in [0.29, 0.717) is 17.0 Å². The van der Waals surface area contributed by atoms with Crippen LogP contribution < -0.4 is 5.32 Å². The number of nitrogens with zero attached hydrogens (tertiary/aromatic N) is 1. The summed E-state index contributed by atoms with van der Waals surface area (Å²) in [4.78, 5) is 4.20. The van der Waals surface area contributed by atoms with Crippen molar-refractivity contribution in [2.45, 2.75) is 18.6 Å². The van der Waals surface area contributed by atoms with Crippen LogP contribution in [0.5, 0.6) is 0 Å². The van der Waals surface area contributed by atoms with E-state index < -0.39 is 11.7 Å². The number of hydrogen-bond donors (Lipinski definition) is 1. The van der Waals surface area contributed by atoms with Gasteiger partial charge in [-0.25, -0.2) is 0 Å². The lowest BCUT2D eigenvalue weighted by molar-refractivity contribution is -0.137. The van der Waals surface area contributed by atoms with E-state index in [2.05, 4.69) is 10.3 Å². The maximum absolute atomic E-state index is 12.7. The summed E-state index contributed by atoms with van der Waals surface area (Å²) >= 11 is 5.78. The molecule has 0 radical (unpaired) electrons. The Balaban J connectivity index is 2.21. The quantitative estimate of drug-likeness (QED) is 0.912. The largest absolute Gasteiger partial charge is 0.416 e. The van der Waals surface area contributed by atoms with E-state index in [4.69, 9.17) is 11.6 Å². The molecule has 1 unspecified atom stereocenters. The van der Waals surface area contributed by atoms with Gasteiger partial charge in [0.05, 0.1) is 22.3 Å². The minimum atomic E-state index is -4.33. The number of aromatic nitrogens is 1. The zero-order valence-electron chi connectivity index (χ0n) is 11.3. The van der Waals surface area contributed by atoms with Gasteiger partial charge in [-0.2, -0.15) is 13.2 Å². The zero-order valence-corrected chi connectivity index (χ0v) is 12.0. The van der Waals surface area contributed by atoms with Gasteiger partial charge in [0, 0.05) is 6.20 Å². The van der Waals surface area contributed by atoms with Crippen molar-refractivity contribution in [3.05, 3.63) is 64.4 Å². The maximum Gasteiger partial charge on any atom is 0.416 e. The number of rotatable bonds is 4. The second-order valence-corrected chi connectivity index (χ2v) is 5.08. The van der Waals surface area contributed by atoms with E-state index in [9.17, 15) is 13.2 Å². The highest BCUT2D eigenvalue weighted by atomic mass is 35.5. The third-order valence-corrected chi connectivity index (χ3v) is 3.37. The molecular weight excluding hydrogens is 301 g/mol. The average Bonchev–Trinajstić information content (AvgIpc) is 2.45. The molecule has 0 aliphatic heterocycles. The van der Waals surface area contributed by atoms with Gasteiger partial charge in [0.2, 0.25) is 0 Å². The monoisotopic (exact) mass is 314 g/mol. The molecule has 2 rings (SSSR count). The molecule has 0 saturated heterocycles. The smallest absolute Gasteiger partial charge is 0.311 e. The standard InChI is InChI=1S/C15H14ClF3N2/c1-20-14(13-6-5-12(16)9-21-13)8-10-3-2-4-11(7-10)15(17,18)19/h2-7,9,14,20H,8H2,1H3. The topological polar surface area (TPSA) is 24.9 Å². The number of hydrogen-bond acceptors (Lipinski definition) is 2. The second-order valence-electron chi connectivity index (χ2n) is 4.64. The summed E-state index contributed by atoms with van der Waals surface area (Å²) in [5.41, 5.74) is 0.694. The molecule has 0 aliphatic carbocycles. The molecule has 0 amide bonds. The summed E-state index contributed by atoms with van der Waals surface area (Å²) in [6.07, 6.45) is -2.40. The predicted molar refractivity (Wildman–Crippen MR) is 76.2 cm³/mol. The minimum absolute atomic E-state index is 0.175. The molecular formula is C15H14ClF3N2. The highest BCUT2D eigenvalue weighted by Gasteiger charge is 2.30. The normalized spacial score (nSPS) is 13.2. The van der Waals surface area contributed by atoms with Crippen LogP contribution in [0.1, 0.15) is 22.9 Å². The van der Waals surface area contributed by atoms with Crippen LogP contribution in [-0.4, -0.2) is 12.0 Å². The van der Waals surface area contributed by atoms with Crippen molar-refractivity contribution in [3.63, 3.8) is 0 Å². The van der Waals surface area contributed by atoms with E-state index in [0.717, 1.165) is 11.8 Å². The van der Waals surface area contributed by atoms with Crippen LogP contribution in [0.25, 0.3) is 0 Å². The van der Waals surface area contributed by atoms with Crippen molar-refractivity contribution in [1.29, 1.82) is 0 Å². The molecule has 2 aromatic rings. The Kier molecular flexibility index (Phi) is 4.85. The molecule has 1 aromatic heterocycles. The Morgan fingerprint density at radius 2 is 2.00 bits per heavy atom. The third-order valence-electron chi connectivity index (χ3n) is 3.15. The molecule has 0 aliphatic rings. The molecule has 1 N–H and O–H groups in total. The lowest BCUT2D eigenvalue weighted by Gasteiger charge is -2.16. The Bertz CT molecular complexity index is 597. The van der Waals surface area contributed by atoms with Crippen molar-refractivity contribution >= 4 is 11.6 Å². The molecule has 1 heterocycles. The summed E-state index contributed by atoms with van der Waals surface area (Å²) in [6.45, 7) is 0. The summed E-state index contributed by atoms with van der Waals surface area (Å²) in [7, 11) is 1.74. The summed E-state index contributed by atoms with van der Waals surface area (Å²) in [5.74, 6) is 0. The van der Waals surface area contributed by atoms with Gasteiger partial charge in [-0.15, -0.1) is 0 Å². The second kappa shape index (κ2) is 6.45. The molecule has 0 spiro atoms. The number of pyridine rings is 1. The van der Waals surface area contributed by atoms with E-state index in [1.807, 2.05) is 0 Å². The predicted octanol–water partition coefficient (Wildman–Crippen LogP) is 4.26. The average molecular weight is 315 g/mol. The number of benzene rings is 1. The van der Waals surface area contributed by atoms with Gasteiger partial charge in [0.25, 0.3) is 0 Å². The first kappa shape index (κ1) is 15.8. The van der Waals surface area contributed by atoms with Crippen LogP contribution in [0.2, 0.25) is 5.02 Å². The minimum Gasteiger partial charge on any atom is -0.311 e. The van der Waals surface area contributed by atoms with E-state index in [1.54, 1.807) is 25.2 Å². The summed E-state index contributed by atoms with van der Waals surface area (Å²) < 4.78 is 38.1. The van der Waals surface area contributed by atoms with Crippen LogP contribution >= 0.6 is 11.6 Å². The van der Waals surface area contributed by atoms with Gasteiger partial charge in [-0.1, -0.05) is 29.8 Å². The lowest BCUT2D eigenvalue weighted by Crippen LogP contribution is -2.20. The number of halogens is 4. The van der Waals surface area contributed by atoms with Crippen molar-refractivity contribution < 1.29 is 13.2 Å². The first-order chi connectivity index (χ1) is 9.90. The van der Waals surface area contributed by atoms with Gasteiger partial charge in [-0.05, 0) is 37.2 Å². The van der Waals surface area contributed by atoms with Gasteiger partial charge >= 0.3 is 6.18 Å². The number of likely N-dealkylation sites (N-methyl/N-ethyl adjacent to an activating group) is 1. The molecule has 1 atom stereocenters. The molecule has 2 nitrogen and oxygen atoms in total. The fourth-order valence-electron chi connectivity index (χ4n) is 2.06. The summed E-state index contributed by atoms with van der Waals surface area (Å²) in [6, 6.07) is 8.62. The summed E-state index contributed by atoms with van der Waals surface area (Å²) in [5, 5.41) is 3.58. The Morgan fingerprint density at radius 3 is 2.57 bits per heavy atom. The maximum atomic E-state index is 12.7. The number of alkyl halides is 3. The van der Waals surface area contributed by atoms with Crippen molar-refractivity contribution in [3.8, 4) is 0 Å². The van der Waals surface area contributed by atoms with Crippen LogP contribution in [0, 0.1) is 0 Å². The molecule has 21 heavy (non-hydrogen) atoms. The SMILES string of the molecule is CNC(Cc1cccc(C(F)(F)F)c1)c1ccc(Cl)cn1. The first-order valence-corrected chi connectivity index (χ1v) is 6.73. The van der Waals surface area contributed by atoms with Gasteiger partial charge in [0.1, 0.15) is 0 Å². The van der Waals surface area contributed by atoms with Crippen molar-refractivity contribution in [2.75, 3.05) is 7.05 Å². The molecule has 6 heteroatoms. The van der Waals surface area contributed by atoms with E-state index in [-0.39, 0.29) is 6.04 Å². The van der Waals surface area contributed by atoms with Crippen molar-refractivity contribution in [2.24, 2.45) is 0 Å². The number of nitrogens with one attached hydrogen (secondary N) is 1. The van der Waals surface area contributed by atoms with Crippen LogP contribution in [-0.2, 0) is 12.6 Å². The highest BCUT2D eigenvalue weighted by Crippen LogP contribution is 2.30. The zero-order chi connectivity index (χ0) is 15.5. The Morgan fingerprint density at radius 1 is 1.24 bits per heavy atom. The molecule has 112 valence electrons. The van der Waals surface area contributed by atoms with Gasteiger partial charge in [-0.3, -0.25) is 4.98 Å². The fourth-order valence-corrected chi connectivity index (χ4v) is 2.17. The molecule has 0 saturated carbocycles. The van der Waals surface area contributed by atoms with Gasteiger partial charge in [0.15, 0.2) is 0 Å². The first-order valence-electron chi connectivity index (χ1n) is 6.35. The van der Waals surface area contributed by atoms with Crippen LogP contribution in [0.3, 0.4) is 0 Å². The Hall–Kier alpha value is -1.59. The molecule has 0 fully saturated rings. The fraction of sp³-hybridized carbons (Fsp3) is 0.267. The third kappa shape index (κ3) is 4.19.